The van der Waals surface area contributed by atoms with E-state index < -0.39 is 15.9 Å². The van der Waals surface area contributed by atoms with Gasteiger partial charge in [0.25, 0.3) is 5.91 Å². The molecule has 1 heterocycles. The van der Waals surface area contributed by atoms with Gasteiger partial charge in [-0.25, -0.2) is 23.5 Å². The van der Waals surface area contributed by atoms with E-state index >= 15 is 0 Å². The first-order valence-electron chi connectivity index (χ1n) is 7.37. The van der Waals surface area contributed by atoms with E-state index in [0.717, 1.165) is 6.07 Å². The molecule has 2 rings (SSSR count). The summed E-state index contributed by atoms with van der Waals surface area (Å²) in [5, 5.41) is 7.72. The standard InChI is InChI=1S/C16H20N4O4S/c1-16(2,3)15-18-8-10(9-19-15)20-14(21)12-7-11(25(17,22)23)5-6-13(12)24-4/h5-9H,1-4H3,(H,20,21)(H2,17,22,23). The van der Waals surface area contributed by atoms with E-state index in [-0.39, 0.29) is 21.6 Å². The Morgan fingerprint density at radius 2 is 1.80 bits per heavy atom. The fourth-order valence-corrected chi connectivity index (χ4v) is 2.56. The summed E-state index contributed by atoms with van der Waals surface area (Å²) in [6.07, 6.45) is 2.98. The highest BCUT2D eigenvalue weighted by Gasteiger charge is 2.19. The number of benzene rings is 1. The van der Waals surface area contributed by atoms with Crippen molar-refractivity contribution >= 4 is 21.6 Å². The maximum Gasteiger partial charge on any atom is 0.259 e. The number of sulfonamides is 1. The number of aromatic nitrogens is 2. The number of carbonyl (C=O) groups is 1. The van der Waals surface area contributed by atoms with Crippen LogP contribution in [0.3, 0.4) is 0 Å². The summed E-state index contributed by atoms with van der Waals surface area (Å²) >= 11 is 0. The minimum Gasteiger partial charge on any atom is -0.496 e. The van der Waals surface area contributed by atoms with Crippen LogP contribution < -0.4 is 15.2 Å². The number of nitrogens with one attached hydrogen (secondary N) is 1. The van der Waals surface area contributed by atoms with Gasteiger partial charge in [0.2, 0.25) is 10.0 Å². The molecule has 0 bridgehead atoms. The lowest BCUT2D eigenvalue weighted by molar-refractivity contribution is 0.102. The molecule has 0 atom stereocenters. The van der Waals surface area contributed by atoms with Crippen molar-refractivity contribution in [3.05, 3.63) is 42.0 Å². The van der Waals surface area contributed by atoms with Crippen LogP contribution in [0.4, 0.5) is 5.69 Å². The molecule has 0 saturated heterocycles. The topological polar surface area (TPSA) is 124 Å². The molecular weight excluding hydrogens is 344 g/mol. The molecule has 1 aromatic carbocycles. The summed E-state index contributed by atoms with van der Waals surface area (Å²) in [5.41, 5.74) is 0.199. The highest BCUT2D eigenvalue weighted by atomic mass is 32.2. The second-order valence-electron chi connectivity index (χ2n) is 6.41. The van der Waals surface area contributed by atoms with Crippen molar-refractivity contribution in [2.45, 2.75) is 31.1 Å². The third kappa shape index (κ3) is 4.52. The van der Waals surface area contributed by atoms with Crippen molar-refractivity contribution < 1.29 is 17.9 Å². The monoisotopic (exact) mass is 364 g/mol. The normalized spacial score (nSPS) is 11.9. The molecule has 1 amide bonds. The average molecular weight is 364 g/mol. The van der Waals surface area contributed by atoms with Crippen LogP contribution in [0.15, 0.2) is 35.5 Å². The van der Waals surface area contributed by atoms with E-state index in [0.29, 0.717) is 11.5 Å². The first kappa shape index (κ1) is 18.8. The number of nitrogens with two attached hydrogens (primary N) is 1. The van der Waals surface area contributed by atoms with Crippen molar-refractivity contribution in [3.63, 3.8) is 0 Å². The lowest BCUT2D eigenvalue weighted by atomic mass is 9.96. The molecule has 3 N–H and O–H groups in total. The van der Waals surface area contributed by atoms with Gasteiger partial charge in [0.1, 0.15) is 11.6 Å². The zero-order valence-corrected chi connectivity index (χ0v) is 15.2. The Hall–Kier alpha value is -2.52. The van der Waals surface area contributed by atoms with Crippen LogP contribution in [0.2, 0.25) is 0 Å². The third-order valence-electron chi connectivity index (χ3n) is 3.32. The van der Waals surface area contributed by atoms with Gasteiger partial charge in [-0.1, -0.05) is 20.8 Å². The SMILES string of the molecule is COc1ccc(S(N)(=O)=O)cc1C(=O)Nc1cnc(C(C)(C)C)nc1. The smallest absolute Gasteiger partial charge is 0.259 e. The van der Waals surface area contributed by atoms with E-state index in [4.69, 9.17) is 9.88 Å². The van der Waals surface area contributed by atoms with E-state index in [1.165, 1.54) is 31.6 Å². The Kier molecular flexibility index (Phi) is 5.09. The van der Waals surface area contributed by atoms with E-state index in [1.54, 1.807) is 0 Å². The Labute approximate surface area is 146 Å². The number of methoxy groups -OCH3 is 1. The molecule has 0 radical (unpaired) electrons. The number of ether oxygens (including phenoxy) is 1. The number of hydrogen-bond acceptors (Lipinski definition) is 6. The maximum absolute atomic E-state index is 12.5. The van der Waals surface area contributed by atoms with Gasteiger partial charge in [0, 0.05) is 5.41 Å². The Morgan fingerprint density at radius 3 is 2.28 bits per heavy atom. The summed E-state index contributed by atoms with van der Waals surface area (Å²) in [6, 6.07) is 3.80. The molecule has 1 aromatic heterocycles. The molecule has 0 aliphatic carbocycles. The molecule has 0 spiro atoms. The van der Waals surface area contributed by atoms with Crippen molar-refractivity contribution in [1.82, 2.24) is 9.97 Å². The van der Waals surface area contributed by atoms with Gasteiger partial charge in [-0.3, -0.25) is 4.79 Å². The quantitative estimate of drug-likeness (QED) is 0.850. The first-order valence-corrected chi connectivity index (χ1v) is 8.91. The van der Waals surface area contributed by atoms with Gasteiger partial charge in [0.15, 0.2) is 0 Å². The summed E-state index contributed by atoms with van der Waals surface area (Å²) < 4.78 is 28.1. The number of anilines is 1. The summed E-state index contributed by atoms with van der Waals surface area (Å²) in [7, 11) is -2.56. The number of carbonyl (C=O) groups excluding carboxylic acids is 1. The minimum atomic E-state index is -3.94. The zero-order chi connectivity index (χ0) is 18.8. The number of primary sulfonamides is 1. The fraction of sp³-hybridized carbons (Fsp3) is 0.312. The van der Waals surface area contributed by atoms with Crippen LogP contribution in [0.5, 0.6) is 5.75 Å². The van der Waals surface area contributed by atoms with Crippen LogP contribution >= 0.6 is 0 Å². The Balaban J connectivity index is 2.31. The molecule has 8 nitrogen and oxygen atoms in total. The van der Waals surface area contributed by atoms with E-state index in [2.05, 4.69) is 15.3 Å². The van der Waals surface area contributed by atoms with Crippen molar-refractivity contribution in [1.29, 1.82) is 0 Å². The predicted molar refractivity (Wildman–Crippen MR) is 93.1 cm³/mol. The largest absolute Gasteiger partial charge is 0.496 e. The average Bonchev–Trinajstić information content (AvgIpc) is 2.53. The van der Waals surface area contributed by atoms with Gasteiger partial charge in [-0.2, -0.15) is 0 Å². The second kappa shape index (κ2) is 6.77. The van der Waals surface area contributed by atoms with Gasteiger partial charge in [0.05, 0.1) is 35.6 Å². The molecule has 0 aliphatic heterocycles. The van der Waals surface area contributed by atoms with Gasteiger partial charge >= 0.3 is 0 Å². The Morgan fingerprint density at radius 1 is 1.20 bits per heavy atom. The molecule has 2 aromatic rings. The first-order chi connectivity index (χ1) is 11.5. The molecule has 134 valence electrons. The van der Waals surface area contributed by atoms with Crippen molar-refractivity contribution in [2.75, 3.05) is 12.4 Å². The lowest BCUT2D eigenvalue weighted by Crippen LogP contribution is -2.18. The van der Waals surface area contributed by atoms with Crippen molar-refractivity contribution in [3.8, 4) is 5.75 Å². The highest BCUT2D eigenvalue weighted by molar-refractivity contribution is 7.89. The van der Waals surface area contributed by atoms with Crippen LogP contribution in [0.25, 0.3) is 0 Å². The van der Waals surface area contributed by atoms with Gasteiger partial charge < -0.3 is 10.1 Å². The minimum absolute atomic E-state index is 0.0360. The van der Waals surface area contributed by atoms with Crippen LogP contribution in [-0.2, 0) is 15.4 Å². The summed E-state index contributed by atoms with van der Waals surface area (Å²) in [5.74, 6) is 0.297. The highest BCUT2D eigenvalue weighted by Crippen LogP contribution is 2.23. The Bertz CT molecular complexity index is 887. The summed E-state index contributed by atoms with van der Waals surface area (Å²) in [6.45, 7) is 5.93. The van der Waals surface area contributed by atoms with Crippen molar-refractivity contribution in [2.24, 2.45) is 5.14 Å². The van der Waals surface area contributed by atoms with Gasteiger partial charge in [-0.15, -0.1) is 0 Å². The molecule has 0 saturated carbocycles. The van der Waals surface area contributed by atoms with E-state index in [1.807, 2.05) is 20.8 Å². The predicted octanol–water partition coefficient (Wildman–Crippen LogP) is 1.68. The van der Waals surface area contributed by atoms with Crippen LogP contribution in [0.1, 0.15) is 37.0 Å². The van der Waals surface area contributed by atoms with Gasteiger partial charge in [-0.05, 0) is 18.2 Å². The fourth-order valence-electron chi connectivity index (χ4n) is 2.02. The summed E-state index contributed by atoms with van der Waals surface area (Å²) in [4.78, 5) is 20.7. The van der Waals surface area contributed by atoms with Crippen LogP contribution in [-0.4, -0.2) is 31.4 Å². The number of amides is 1. The molecule has 0 fully saturated rings. The zero-order valence-electron chi connectivity index (χ0n) is 14.4. The van der Waals surface area contributed by atoms with E-state index in [9.17, 15) is 13.2 Å². The molecule has 0 aliphatic rings. The number of hydrogen-bond donors (Lipinski definition) is 2. The lowest BCUT2D eigenvalue weighted by Gasteiger charge is -2.16. The number of nitrogens with zero attached hydrogens (tertiary/aromatic N) is 2. The van der Waals surface area contributed by atoms with Crippen LogP contribution in [0, 0.1) is 0 Å². The molecule has 9 heteroatoms. The second-order valence-corrected chi connectivity index (χ2v) is 7.97. The molecular formula is C16H20N4O4S. The molecule has 25 heavy (non-hydrogen) atoms. The number of rotatable bonds is 4. The third-order valence-corrected chi connectivity index (χ3v) is 4.24. The maximum atomic E-state index is 12.5. The molecule has 0 unspecified atom stereocenters.